The molecule has 0 saturated heterocycles. The molecule has 3 rings (SSSR count). The van der Waals surface area contributed by atoms with E-state index >= 15 is 0 Å². The quantitative estimate of drug-likeness (QED) is 0.478. The van der Waals surface area contributed by atoms with Crippen molar-refractivity contribution < 1.29 is 13.7 Å². The number of nitrogens with two attached hydrogens (primary N) is 1. The third-order valence-electron chi connectivity index (χ3n) is 4.68. The van der Waals surface area contributed by atoms with E-state index in [0.717, 1.165) is 42.0 Å². The maximum absolute atomic E-state index is 13.9. The van der Waals surface area contributed by atoms with Gasteiger partial charge in [0.25, 0.3) is 11.6 Å². The van der Waals surface area contributed by atoms with E-state index in [0.29, 0.717) is 12.0 Å². The summed E-state index contributed by atoms with van der Waals surface area (Å²) >= 11 is 0. The van der Waals surface area contributed by atoms with Crippen molar-refractivity contribution in [1.82, 2.24) is 0 Å². The molecule has 0 atom stereocenters. The van der Waals surface area contributed by atoms with E-state index in [-0.39, 0.29) is 17.8 Å². The largest absolute Gasteiger partial charge is 0.320 e. The van der Waals surface area contributed by atoms with E-state index in [1.54, 1.807) is 18.2 Å². The molecule has 0 unspecified atom stereocenters. The molecular formula is C22H20F2N2O2. The van der Waals surface area contributed by atoms with Gasteiger partial charge in [-0.25, -0.2) is 8.78 Å². The number of nitro benzene ring substituents is 1. The number of non-ortho nitro benzene ring substituents is 1. The molecule has 28 heavy (non-hydrogen) atoms. The van der Waals surface area contributed by atoms with E-state index in [2.05, 4.69) is 17.9 Å². The van der Waals surface area contributed by atoms with E-state index in [4.69, 9.17) is 5.73 Å². The van der Waals surface area contributed by atoms with Gasteiger partial charge in [0, 0.05) is 30.2 Å². The molecule has 0 bridgehead atoms. The maximum Gasteiger partial charge on any atom is 0.270 e. The summed E-state index contributed by atoms with van der Waals surface area (Å²) in [4.78, 5) is 10.6. The van der Waals surface area contributed by atoms with Crippen LogP contribution in [0.25, 0.3) is 5.57 Å². The van der Waals surface area contributed by atoms with Crippen LogP contribution in [0.1, 0.15) is 41.2 Å². The summed E-state index contributed by atoms with van der Waals surface area (Å²) < 4.78 is 27.8. The minimum absolute atomic E-state index is 0.0620. The zero-order valence-electron chi connectivity index (χ0n) is 15.5. The molecule has 0 spiro atoms. The molecule has 2 aromatic rings. The zero-order chi connectivity index (χ0) is 20.3. The van der Waals surface area contributed by atoms with Gasteiger partial charge in [0.2, 0.25) is 0 Å². The number of hydrogen-bond acceptors (Lipinski definition) is 3. The third-order valence-corrected chi connectivity index (χ3v) is 4.68. The number of nitro groups is 1. The van der Waals surface area contributed by atoms with Crippen LogP contribution in [0, 0.1) is 22.0 Å². The van der Waals surface area contributed by atoms with Crippen molar-refractivity contribution >= 4 is 11.3 Å². The molecular weight excluding hydrogens is 362 g/mol. The lowest BCUT2D eigenvalue weighted by molar-refractivity contribution is -0.384. The first-order chi connectivity index (χ1) is 13.3. The second kappa shape index (κ2) is 7.91. The average Bonchev–Trinajstić information content (AvgIpc) is 2.65. The smallest absolute Gasteiger partial charge is 0.270 e. The van der Waals surface area contributed by atoms with Gasteiger partial charge < -0.3 is 5.73 Å². The Kier molecular flexibility index (Phi) is 5.57. The summed E-state index contributed by atoms with van der Waals surface area (Å²) in [6.07, 6.45) is 4.00. The summed E-state index contributed by atoms with van der Waals surface area (Å²) in [5.41, 5.74) is 9.40. The van der Waals surface area contributed by atoms with Crippen LogP contribution in [0.5, 0.6) is 0 Å². The molecule has 4 nitrogen and oxygen atoms in total. The minimum atomic E-state index is -2.98. The number of nitrogens with zero attached hydrogens (tertiary/aromatic N) is 1. The first-order valence-electron chi connectivity index (χ1n) is 8.96. The second-order valence-electron chi connectivity index (χ2n) is 6.86. The van der Waals surface area contributed by atoms with Gasteiger partial charge in [0.1, 0.15) is 0 Å². The Morgan fingerprint density at radius 1 is 1.25 bits per heavy atom. The van der Waals surface area contributed by atoms with E-state index in [9.17, 15) is 18.9 Å². The average molecular weight is 382 g/mol. The van der Waals surface area contributed by atoms with Gasteiger partial charge in [-0.05, 0) is 65.8 Å². The number of hydrogen-bond donors (Lipinski definition) is 1. The Bertz CT molecular complexity index is 1010. The molecule has 2 aromatic carbocycles. The van der Waals surface area contributed by atoms with Crippen LogP contribution in [0.15, 0.2) is 42.5 Å². The molecule has 1 aliphatic rings. The zero-order valence-corrected chi connectivity index (χ0v) is 15.5. The molecule has 0 heterocycles. The van der Waals surface area contributed by atoms with Crippen molar-refractivity contribution in [1.29, 1.82) is 0 Å². The van der Waals surface area contributed by atoms with Gasteiger partial charge in [-0.2, -0.15) is 0 Å². The summed E-state index contributed by atoms with van der Waals surface area (Å²) in [5, 5.41) is 11.0. The number of rotatable bonds is 4. The normalized spacial score (nSPS) is 13.2. The number of aryl methyl sites for hydroxylation is 1. The first kappa shape index (κ1) is 19.7. The van der Waals surface area contributed by atoms with Crippen molar-refractivity contribution in [3.05, 3.63) is 80.4 Å². The monoisotopic (exact) mass is 382 g/mol. The fourth-order valence-electron chi connectivity index (χ4n) is 3.39. The predicted molar refractivity (Wildman–Crippen MR) is 105 cm³/mol. The molecule has 1 aliphatic carbocycles. The summed E-state index contributed by atoms with van der Waals surface area (Å²) in [7, 11) is 0. The molecule has 0 saturated carbocycles. The van der Waals surface area contributed by atoms with Crippen molar-refractivity contribution in [2.45, 2.75) is 32.1 Å². The first-order valence-corrected chi connectivity index (χ1v) is 8.96. The maximum atomic E-state index is 13.9. The number of alkyl halides is 2. The van der Waals surface area contributed by atoms with Crippen LogP contribution < -0.4 is 5.73 Å². The standard InChI is InChI=1S/C22H20F2N2O2/c1-22(23,24)19-12-15(4-3-9-25)10-16(13-19)11-17-5-2-6-18-14-20(26(27)28)7-8-21(17)18/h5,7-8,10,12-14H,2,6,9,11,25H2,1H3. The summed E-state index contributed by atoms with van der Waals surface area (Å²) in [6, 6.07) is 9.49. The highest BCUT2D eigenvalue weighted by Crippen LogP contribution is 2.34. The van der Waals surface area contributed by atoms with Gasteiger partial charge >= 0.3 is 0 Å². The Labute approximate surface area is 162 Å². The van der Waals surface area contributed by atoms with Gasteiger partial charge in [-0.15, -0.1) is 0 Å². The van der Waals surface area contributed by atoms with E-state index in [1.165, 1.54) is 18.2 Å². The lowest BCUT2D eigenvalue weighted by atomic mass is 9.86. The summed E-state index contributed by atoms with van der Waals surface area (Å²) in [5.74, 6) is 2.55. The number of benzene rings is 2. The molecule has 0 fully saturated rings. The SMILES string of the molecule is CC(F)(F)c1cc(C#CCN)cc(CC2=CCCc3cc([N+](=O)[O-])ccc32)c1. The molecule has 0 radical (unpaired) electrons. The second-order valence-corrected chi connectivity index (χ2v) is 6.86. The van der Waals surface area contributed by atoms with Crippen molar-refractivity contribution in [3.63, 3.8) is 0 Å². The molecule has 0 aromatic heterocycles. The minimum Gasteiger partial charge on any atom is -0.320 e. The lowest BCUT2D eigenvalue weighted by Gasteiger charge is -2.19. The Morgan fingerprint density at radius 2 is 2.04 bits per heavy atom. The van der Waals surface area contributed by atoms with Crippen LogP contribution in [0.4, 0.5) is 14.5 Å². The van der Waals surface area contributed by atoms with Crippen LogP contribution in [-0.2, 0) is 18.8 Å². The molecule has 6 heteroatoms. The van der Waals surface area contributed by atoms with Crippen LogP contribution in [-0.4, -0.2) is 11.5 Å². The highest BCUT2D eigenvalue weighted by atomic mass is 19.3. The summed E-state index contributed by atoms with van der Waals surface area (Å²) in [6.45, 7) is 1.01. The number of halogens is 2. The Balaban J connectivity index is 1.98. The van der Waals surface area contributed by atoms with Crippen LogP contribution in [0.2, 0.25) is 0 Å². The van der Waals surface area contributed by atoms with Gasteiger partial charge in [0.15, 0.2) is 0 Å². The van der Waals surface area contributed by atoms with Crippen LogP contribution >= 0.6 is 0 Å². The highest BCUT2D eigenvalue weighted by molar-refractivity contribution is 5.73. The molecule has 2 N–H and O–H groups in total. The Hall–Kier alpha value is -3.04. The topological polar surface area (TPSA) is 69.2 Å². The van der Waals surface area contributed by atoms with Crippen LogP contribution in [0.3, 0.4) is 0 Å². The number of allylic oxidation sites excluding steroid dienone is 2. The van der Waals surface area contributed by atoms with Crippen molar-refractivity contribution in [2.24, 2.45) is 5.73 Å². The number of fused-ring (bicyclic) bond motifs is 1. The van der Waals surface area contributed by atoms with E-state index in [1.807, 2.05) is 0 Å². The molecule has 0 aliphatic heterocycles. The molecule has 144 valence electrons. The fraction of sp³-hybridized carbons (Fsp3) is 0.273. The van der Waals surface area contributed by atoms with Crippen molar-refractivity contribution in [3.8, 4) is 11.8 Å². The highest BCUT2D eigenvalue weighted by Gasteiger charge is 2.25. The predicted octanol–water partition coefficient (Wildman–Crippen LogP) is 4.59. The van der Waals surface area contributed by atoms with Gasteiger partial charge in [-0.3, -0.25) is 10.1 Å². The fourth-order valence-corrected chi connectivity index (χ4v) is 3.39. The van der Waals surface area contributed by atoms with Crippen molar-refractivity contribution in [2.75, 3.05) is 6.54 Å². The lowest BCUT2D eigenvalue weighted by Crippen LogP contribution is -2.09. The third kappa shape index (κ3) is 4.44. The van der Waals surface area contributed by atoms with E-state index < -0.39 is 10.8 Å². The molecule has 0 amide bonds. The van der Waals surface area contributed by atoms with Gasteiger partial charge in [-0.1, -0.05) is 17.9 Å². The Morgan fingerprint density at radius 3 is 2.71 bits per heavy atom. The van der Waals surface area contributed by atoms with Gasteiger partial charge in [0.05, 0.1) is 11.5 Å².